The molecule has 204 valence electrons. The van der Waals surface area contributed by atoms with Crippen molar-refractivity contribution in [1.29, 1.82) is 0 Å². The summed E-state index contributed by atoms with van der Waals surface area (Å²) in [5, 5.41) is 2.91. The van der Waals surface area contributed by atoms with Crippen LogP contribution in [0.2, 0.25) is 0 Å². The molecule has 0 radical (unpaired) electrons. The fraction of sp³-hybridized carbons (Fsp3) is 0.500. The SMILES string of the molecule is CCCNC(=O)C(CC)N(Cc1cccc(C)c1)C(=O)CCCN(c1ccc(OCC)cc1)S(C)(=O)=O. The number of nitrogens with zero attached hydrogens (tertiary/aromatic N) is 2. The highest BCUT2D eigenvalue weighted by molar-refractivity contribution is 7.92. The summed E-state index contributed by atoms with van der Waals surface area (Å²) in [4.78, 5) is 28.0. The number of aryl methyl sites for hydroxylation is 1. The summed E-state index contributed by atoms with van der Waals surface area (Å²) >= 11 is 0. The first kappa shape index (κ1) is 30.2. The Morgan fingerprint density at radius 3 is 2.32 bits per heavy atom. The maximum atomic E-state index is 13.5. The normalized spacial score (nSPS) is 12.0. The maximum Gasteiger partial charge on any atom is 0.242 e. The molecule has 0 fully saturated rings. The van der Waals surface area contributed by atoms with Crippen LogP contribution in [0.15, 0.2) is 48.5 Å². The van der Waals surface area contributed by atoms with E-state index in [-0.39, 0.29) is 24.8 Å². The molecule has 37 heavy (non-hydrogen) atoms. The zero-order valence-electron chi connectivity index (χ0n) is 22.7. The van der Waals surface area contributed by atoms with Crippen molar-refractivity contribution in [2.24, 2.45) is 0 Å². The predicted octanol–water partition coefficient (Wildman–Crippen LogP) is 4.27. The van der Waals surface area contributed by atoms with Crippen LogP contribution in [0.1, 0.15) is 57.6 Å². The number of hydrogen-bond donors (Lipinski definition) is 1. The van der Waals surface area contributed by atoms with Crippen molar-refractivity contribution in [3.05, 3.63) is 59.7 Å². The van der Waals surface area contributed by atoms with Gasteiger partial charge in [-0.3, -0.25) is 13.9 Å². The minimum Gasteiger partial charge on any atom is -0.494 e. The van der Waals surface area contributed by atoms with Crippen molar-refractivity contribution in [3.63, 3.8) is 0 Å². The Morgan fingerprint density at radius 1 is 1.05 bits per heavy atom. The zero-order valence-corrected chi connectivity index (χ0v) is 23.5. The third-order valence-electron chi connectivity index (χ3n) is 5.96. The van der Waals surface area contributed by atoms with Gasteiger partial charge >= 0.3 is 0 Å². The van der Waals surface area contributed by atoms with Gasteiger partial charge in [0.1, 0.15) is 11.8 Å². The van der Waals surface area contributed by atoms with Crippen LogP contribution in [0.4, 0.5) is 5.69 Å². The summed E-state index contributed by atoms with van der Waals surface area (Å²) in [6.45, 7) is 9.27. The third-order valence-corrected chi connectivity index (χ3v) is 7.15. The van der Waals surface area contributed by atoms with Crippen LogP contribution in [-0.4, -0.2) is 57.1 Å². The van der Waals surface area contributed by atoms with E-state index in [0.717, 1.165) is 23.8 Å². The van der Waals surface area contributed by atoms with Crippen molar-refractivity contribution in [2.45, 2.75) is 66.0 Å². The number of carbonyl (C=O) groups is 2. The standard InChI is InChI=1S/C28H41N3O5S/c1-6-18-29-28(33)26(7-2)30(21-23-12-9-11-22(4)20-23)27(32)13-10-19-31(37(5,34)35)24-14-16-25(17-15-24)36-8-3/h9,11-12,14-17,20,26H,6-8,10,13,18-19,21H2,1-5H3,(H,29,33). The molecule has 8 nitrogen and oxygen atoms in total. The highest BCUT2D eigenvalue weighted by Gasteiger charge is 2.28. The van der Waals surface area contributed by atoms with Gasteiger partial charge in [-0.25, -0.2) is 8.42 Å². The molecule has 2 aromatic carbocycles. The number of benzene rings is 2. The first-order valence-corrected chi connectivity index (χ1v) is 14.8. The van der Waals surface area contributed by atoms with E-state index < -0.39 is 16.1 Å². The van der Waals surface area contributed by atoms with Crippen molar-refractivity contribution < 1.29 is 22.7 Å². The molecule has 0 saturated carbocycles. The van der Waals surface area contributed by atoms with Crippen LogP contribution in [0, 0.1) is 6.92 Å². The van der Waals surface area contributed by atoms with Crippen LogP contribution < -0.4 is 14.4 Å². The van der Waals surface area contributed by atoms with E-state index in [1.54, 1.807) is 29.2 Å². The molecule has 0 spiro atoms. The van der Waals surface area contributed by atoms with Crippen LogP contribution >= 0.6 is 0 Å². The molecule has 0 aromatic heterocycles. The Kier molecular flexibility index (Phi) is 11.9. The maximum absolute atomic E-state index is 13.5. The number of nitrogens with one attached hydrogen (secondary N) is 1. The summed E-state index contributed by atoms with van der Waals surface area (Å²) < 4.78 is 31.8. The second kappa shape index (κ2) is 14.6. The highest BCUT2D eigenvalue weighted by atomic mass is 32.2. The number of hydrogen-bond acceptors (Lipinski definition) is 5. The van der Waals surface area contributed by atoms with Crippen LogP contribution in [0.3, 0.4) is 0 Å². The number of sulfonamides is 1. The van der Waals surface area contributed by atoms with Crippen molar-refractivity contribution in [3.8, 4) is 5.75 Å². The number of amides is 2. The Morgan fingerprint density at radius 2 is 1.76 bits per heavy atom. The van der Waals surface area contributed by atoms with Crippen molar-refractivity contribution in [1.82, 2.24) is 10.2 Å². The molecule has 0 aliphatic carbocycles. The van der Waals surface area contributed by atoms with E-state index >= 15 is 0 Å². The Labute approximate surface area is 222 Å². The molecule has 2 amide bonds. The lowest BCUT2D eigenvalue weighted by Gasteiger charge is -2.31. The molecular weight excluding hydrogens is 490 g/mol. The van der Waals surface area contributed by atoms with Gasteiger partial charge in [0, 0.05) is 26.1 Å². The molecule has 9 heteroatoms. The lowest BCUT2D eigenvalue weighted by Crippen LogP contribution is -2.49. The van der Waals surface area contributed by atoms with Gasteiger partial charge in [0.05, 0.1) is 18.6 Å². The van der Waals surface area contributed by atoms with Gasteiger partial charge in [-0.15, -0.1) is 0 Å². The third kappa shape index (κ3) is 9.39. The lowest BCUT2D eigenvalue weighted by atomic mass is 10.1. The van der Waals surface area contributed by atoms with Gasteiger partial charge in [-0.2, -0.15) is 0 Å². The minimum atomic E-state index is -3.56. The van der Waals surface area contributed by atoms with Crippen molar-refractivity contribution in [2.75, 3.05) is 30.3 Å². The molecule has 0 aliphatic rings. The van der Waals surface area contributed by atoms with E-state index in [1.807, 2.05) is 52.0 Å². The van der Waals surface area contributed by atoms with Crippen LogP contribution in [0.5, 0.6) is 5.75 Å². The van der Waals surface area contributed by atoms with E-state index in [0.29, 0.717) is 44.0 Å². The molecule has 2 aromatic rings. The fourth-order valence-corrected chi connectivity index (χ4v) is 5.14. The van der Waals surface area contributed by atoms with Gasteiger partial charge in [0.15, 0.2) is 0 Å². The summed E-state index contributed by atoms with van der Waals surface area (Å²) in [5.74, 6) is 0.311. The van der Waals surface area contributed by atoms with E-state index in [1.165, 1.54) is 4.31 Å². The lowest BCUT2D eigenvalue weighted by molar-refractivity contribution is -0.141. The average Bonchev–Trinajstić information content (AvgIpc) is 2.85. The second-order valence-electron chi connectivity index (χ2n) is 9.09. The highest BCUT2D eigenvalue weighted by Crippen LogP contribution is 2.23. The molecule has 0 saturated heterocycles. The Hall–Kier alpha value is -3.07. The number of ether oxygens (including phenoxy) is 1. The molecular formula is C28H41N3O5S. The van der Waals surface area contributed by atoms with E-state index in [2.05, 4.69) is 5.32 Å². The van der Waals surface area contributed by atoms with Crippen LogP contribution in [-0.2, 0) is 26.2 Å². The summed E-state index contributed by atoms with van der Waals surface area (Å²) in [5.41, 5.74) is 2.54. The minimum absolute atomic E-state index is 0.117. The topological polar surface area (TPSA) is 96.0 Å². The van der Waals surface area contributed by atoms with Gasteiger partial charge in [0.25, 0.3) is 0 Å². The van der Waals surface area contributed by atoms with Gasteiger partial charge in [-0.05, 0) is 62.9 Å². The number of carbonyl (C=O) groups excluding carboxylic acids is 2. The monoisotopic (exact) mass is 531 g/mol. The van der Waals surface area contributed by atoms with Gasteiger partial charge < -0.3 is 15.0 Å². The van der Waals surface area contributed by atoms with Gasteiger partial charge in [-0.1, -0.05) is 43.7 Å². The molecule has 0 bridgehead atoms. The molecule has 1 atom stereocenters. The quantitative estimate of drug-likeness (QED) is 0.370. The second-order valence-corrected chi connectivity index (χ2v) is 11.0. The molecule has 1 N–H and O–H groups in total. The molecule has 0 aliphatic heterocycles. The predicted molar refractivity (Wildman–Crippen MR) is 148 cm³/mol. The molecule has 1 unspecified atom stereocenters. The number of anilines is 1. The Balaban J connectivity index is 2.19. The fourth-order valence-electron chi connectivity index (χ4n) is 4.17. The van der Waals surface area contributed by atoms with Gasteiger partial charge in [0.2, 0.25) is 21.8 Å². The average molecular weight is 532 g/mol. The largest absolute Gasteiger partial charge is 0.494 e. The Bertz CT molecular complexity index is 1120. The number of rotatable bonds is 15. The van der Waals surface area contributed by atoms with Crippen molar-refractivity contribution >= 4 is 27.5 Å². The summed E-state index contributed by atoms with van der Waals surface area (Å²) in [6, 6.07) is 14.1. The zero-order chi connectivity index (χ0) is 27.4. The first-order chi connectivity index (χ1) is 17.6. The summed E-state index contributed by atoms with van der Waals surface area (Å²) in [7, 11) is -3.56. The molecule has 0 heterocycles. The first-order valence-electron chi connectivity index (χ1n) is 12.9. The smallest absolute Gasteiger partial charge is 0.242 e. The van der Waals surface area contributed by atoms with Crippen LogP contribution in [0.25, 0.3) is 0 Å². The summed E-state index contributed by atoms with van der Waals surface area (Å²) in [6.07, 6.45) is 2.87. The van der Waals surface area contributed by atoms with E-state index in [4.69, 9.17) is 4.74 Å². The van der Waals surface area contributed by atoms with E-state index in [9.17, 15) is 18.0 Å². The molecule has 2 rings (SSSR count).